The van der Waals surface area contributed by atoms with Crippen LogP contribution in [0.4, 0.5) is 11.4 Å². The van der Waals surface area contributed by atoms with Gasteiger partial charge < -0.3 is 15.9 Å². The standard InChI is InChI=1S/C8H8N2O/c9-6-1-2-7(10)8-5(6)3-4-11-8/h1-4H,9-10H2. The van der Waals surface area contributed by atoms with Crippen LogP contribution in [0.15, 0.2) is 28.9 Å². The zero-order valence-electron chi connectivity index (χ0n) is 5.87. The van der Waals surface area contributed by atoms with E-state index < -0.39 is 0 Å². The van der Waals surface area contributed by atoms with Crippen molar-refractivity contribution in [3.8, 4) is 0 Å². The Balaban J connectivity index is 2.96. The second kappa shape index (κ2) is 1.92. The van der Waals surface area contributed by atoms with E-state index in [-0.39, 0.29) is 0 Å². The van der Waals surface area contributed by atoms with Gasteiger partial charge in [0.05, 0.1) is 12.0 Å². The van der Waals surface area contributed by atoms with Crippen molar-refractivity contribution >= 4 is 22.3 Å². The van der Waals surface area contributed by atoms with Crippen molar-refractivity contribution in [3.63, 3.8) is 0 Å². The molecule has 2 rings (SSSR count). The Kier molecular flexibility index (Phi) is 1.06. The third-order valence-electron chi connectivity index (χ3n) is 1.68. The van der Waals surface area contributed by atoms with E-state index in [9.17, 15) is 0 Å². The summed E-state index contributed by atoms with van der Waals surface area (Å²) in [5.74, 6) is 0. The van der Waals surface area contributed by atoms with Crippen molar-refractivity contribution in [1.82, 2.24) is 0 Å². The molecule has 0 atom stereocenters. The Morgan fingerprint density at radius 2 is 1.73 bits per heavy atom. The van der Waals surface area contributed by atoms with Crippen LogP contribution in [0.25, 0.3) is 11.0 Å². The molecular weight excluding hydrogens is 140 g/mol. The summed E-state index contributed by atoms with van der Waals surface area (Å²) in [5.41, 5.74) is 13.3. The lowest BCUT2D eigenvalue weighted by molar-refractivity contribution is 0.617. The van der Waals surface area contributed by atoms with Crippen molar-refractivity contribution < 1.29 is 4.42 Å². The van der Waals surface area contributed by atoms with Gasteiger partial charge in [0.1, 0.15) is 0 Å². The number of fused-ring (bicyclic) bond motifs is 1. The Morgan fingerprint density at radius 1 is 1.00 bits per heavy atom. The van der Waals surface area contributed by atoms with Gasteiger partial charge in [0, 0.05) is 11.1 Å². The molecule has 1 aromatic carbocycles. The van der Waals surface area contributed by atoms with Gasteiger partial charge in [0.25, 0.3) is 0 Å². The number of nitrogens with two attached hydrogens (primary N) is 2. The summed E-state index contributed by atoms with van der Waals surface area (Å²) in [5, 5.41) is 0.880. The van der Waals surface area contributed by atoms with Crippen LogP contribution in [0.3, 0.4) is 0 Å². The molecule has 0 bridgehead atoms. The van der Waals surface area contributed by atoms with Crippen LogP contribution in [-0.2, 0) is 0 Å². The second-order valence-electron chi connectivity index (χ2n) is 2.41. The molecule has 2 aromatic rings. The lowest BCUT2D eigenvalue weighted by Crippen LogP contribution is -1.89. The fourth-order valence-electron chi connectivity index (χ4n) is 1.11. The highest BCUT2D eigenvalue weighted by Gasteiger charge is 2.02. The fraction of sp³-hybridized carbons (Fsp3) is 0. The van der Waals surface area contributed by atoms with Crippen LogP contribution in [0.5, 0.6) is 0 Å². The summed E-state index contributed by atoms with van der Waals surface area (Å²) in [6.07, 6.45) is 1.58. The first-order valence-corrected chi connectivity index (χ1v) is 3.30. The largest absolute Gasteiger partial charge is 0.462 e. The average molecular weight is 148 g/mol. The van der Waals surface area contributed by atoms with Crippen LogP contribution in [0.2, 0.25) is 0 Å². The highest BCUT2D eigenvalue weighted by Crippen LogP contribution is 2.26. The molecule has 56 valence electrons. The minimum absolute atomic E-state index is 0.624. The molecule has 0 spiro atoms. The molecule has 0 aliphatic rings. The molecule has 1 heterocycles. The van der Waals surface area contributed by atoms with E-state index in [4.69, 9.17) is 15.9 Å². The molecule has 0 saturated heterocycles. The number of benzene rings is 1. The topological polar surface area (TPSA) is 65.2 Å². The number of furan rings is 1. The lowest BCUT2D eigenvalue weighted by atomic mass is 10.2. The van der Waals surface area contributed by atoms with Crippen LogP contribution < -0.4 is 11.5 Å². The zero-order valence-corrected chi connectivity index (χ0v) is 5.87. The van der Waals surface area contributed by atoms with Crippen LogP contribution in [0, 0.1) is 0 Å². The highest BCUT2D eigenvalue weighted by molar-refractivity contribution is 5.96. The first-order valence-electron chi connectivity index (χ1n) is 3.30. The van der Waals surface area contributed by atoms with Gasteiger partial charge in [-0.2, -0.15) is 0 Å². The Morgan fingerprint density at radius 3 is 2.45 bits per heavy atom. The van der Waals surface area contributed by atoms with E-state index in [2.05, 4.69) is 0 Å². The molecular formula is C8H8N2O. The van der Waals surface area contributed by atoms with E-state index in [0.717, 1.165) is 5.39 Å². The molecule has 3 heteroatoms. The predicted molar refractivity (Wildman–Crippen MR) is 45.0 cm³/mol. The van der Waals surface area contributed by atoms with Gasteiger partial charge in [-0.05, 0) is 18.2 Å². The van der Waals surface area contributed by atoms with Gasteiger partial charge in [-0.3, -0.25) is 0 Å². The van der Waals surface area contributed by atoms with Gasteiger partial charge in [-0.25, -0.2) is 0 Å². The fourth-order valence-corrected chi connectivity index (χ4v) is 1.11. The summed E-state index contributed by atoms with van der Waals surface area (Å²) in [4.78, 5) is 0. The van der Waals surface area contributed by atoms with Crippen LogP contribution in [-0.4, -0.2) is 0 Å². The minimum Gasteiger partial charge on any atom is -0.462 e. The van der Waals surface area contributed by atoms with Crippen LogP contribution >= 0.6 is 0 Å². The maximum Gasteiger partial charge on any atom is 0.158 e. The summed E-state index contributed by atoms with van der Waals surface area (Å²) in [6, 6.07) is 5.31. The zero-order chi connectivity index (χ0) is 7.84. The summed E-state index contributed by atoms with van der Waals surface area (Å²) < 4.78 is 5.12. The second-order valence-corrected chi connectivity index (χ2v) is 2.41. The Bertz CT molecular complexity index is 356. The molecule has 3 nitrogen and oxygen atoms in total. The first kappa shape index (κ1) is 6.09. The van der Waals surface area contributed by atoms with E-state index in [1.807, 2.05) is 0 Å². The van der Waals surface area contributed by atoms with Gasteiger partial charge in [0.2, 0.25) is 0 Å². The molecule has 11 heavy (non-hydrogen) atoms. The first-order chi connectivity index (χ1) is 5.29. The molecule has 1 aromatic heterocycles. The molecule has 0 radical (unpaired) electrons. The van der Waals surface area contributed by atoms with Gasteiger partial charge in [-0.15, -0.1) is 0 Å². The monoisotopic (exact) mass is 148 g/mol. The van der Waals surface area contributed by atoms with E-state index >= 15 is 0 Å². The van der Waals surface area contributed by atoms with Crippen LogP contribution in [0.1, 0.15) is 0 Å². The van der Waals surface area contributed by atoms with Gasteiger partial charge in [-0.1, -0.05) is 0 Å². The number of nitrogen functional groups attached to an aromatic ring is 2. The van der Waals surface area contributed by atoms with Crippen molar-refractivity contribution in [1.29, 1.82) is 0 Å². The third-order valence-corrected chi connectivity index (χ3v) is 1.68. The Labute approximate surface area is 63.6 Å². The normalized spacial score (nSPS) is 10.5. The number of anilines is 2. The van der Waals surface area contributed by atoms with Crippen molar-refractivity contribution in [2.75, 3.05) is 11.5 Å². The summed E-state index contributed by atoms with van der Waals surface area (Å²) in [7, 11) is 0. The molecule has 0 fully saturated rings. The lowest BCUT2D eigenvalue weighted by Gasteiger charge is -1.96. The van der Waals surface area contributed by atoms with Gasteiger partial charge in [0.15, 0.2) is 5.58 Å². The Hall–Kier alpha value is -1.64. The molecule has 0 saturated carbocycles. The van der Waals surface area contributed by atoms with Crippen molar-refractivity contribution in [2.45, 2.75) is 0 Å². The van der Waals surface area contributed by atoms with E-state index in [1.165, 1.54) is 0 Å². The molecule has 4 N–H and O–H groups in total. The van der Waals surface area contributed by atoms with Crippen molar-refractivity contribution in [3.05, 3.63) is 24.5 Å². The maximum atomic E-state index is 5.65. The number of hydrogen-bond donors (Lipinski definition) is 2. The smallest absolute Gasteiger partial charge is 0.158 e. The maximum absolute atomic E-state index is 5.65. The summed E-state index contributed by atoms with van der Waals surface area (Å²) in [6.45, 7) is 0. The molecule has 0 aliphatic carbocycles. The highest BCUT2D eigenvalue weighted by atomic mass is 16.3. The third kappa shape index (κ3) is 0.741. The number of hydrogen-bond acceptors (Lipinski definition) is 3. The van der Waals surface area contributed by atoms with E-state index in [0.29, 0.717) is 17.0 Å². The number of rotatable bonds is 0. The molecule has 0 aliphatic heterocycles. The predicted octanol–water partition coefficient (Wildman–Crippen LogP) is 1.60. The van der Waals surface area contributed by atoms with Gasteiger partial charge >= 0.3 is 0 Å². The quantitative estimate of drug-likeness (QED) is 0.557. The molecule has 0 amide bonds. The molecule has 0 unspecified atom stereocenters. The summed E-state index contributed by atoms with van der Waals surface area (Å²) >= 11 is 0. The minimum atomic E-state index is 0.624. The van der Waals surface area contributed by atoms with E-state index in [1.54, 1.807) is 24.5 Å². The SMILES string of the molecule is Nc1ccc(N)c2occc12. The average Bonchev–Trinajstić information content (AvgIpc) is 2.45. The van der Waals surface area contributed by atoms with Crippen molar-refractivity contribution in [2.24, 2.45) is 0 Å².